The first-order valence-electron chi connectivity index (χ1n) is 9.37. The van der Waals surface area contributed by atoms with Crippen LogP contribution in [0, 0.1) is 0 Å². The Kier molecular flexibility index (Phi) is 6.11. The lowest BCUT2D eigenvalue weighted by Gasteiger charge is -2.33. The number of nitrogens with zero attached hydrogens (tertiary/aromatic N) is 3. The lowest BCUT2D eigenvalue weighted by Crippen LogP contribution is -2.44. The first kappa shape index (κ1) is 20.2. The molecule has 0 aliphatic heterocycles. The summed E-state index contributed by atoms with van der Waals surface area (Å²) >= 11 is 12.3. The van der Waals surface area contributed by atoms with Gasteiger partial charge >= 0.3 is 0 Å². The van der Waals surface area contributed by atoms with Crippen molar-refractivity contribution in [2.75, 3.05) is 13.6 Å². The molecule has 0 saturated heterocycles. The zero-order valence-corrected chi connectivity index (χ0v) is 17.5. The Hall–Kier alpha value is -1.59. The lowest BCUT2D eigenvalue weighted by molar-refractivity contribution is -0.136. The molecule has 0 spiro atoms. The van der Waals surface area contributed by atoms with Crippen molar-refractivity contribution >= 4 is 29.1 Å². The van der Waals surface area contributed by atoms with Gasteiger partial charge in [-0.3, -0.25) is 4.79 Å². The van der Waals surface area contributed by atoms with Crippen LogP contribution in [0.5, 0.6) is 0 Å². The Bertz CT molecular complexity index is 813. The molecule has 0 unspecified atom stereocenters. The minimum atomic E-state index is -0.524. The third kappa shape index (κ3) is 4.14. The van der Waals surface area contributed by atoms with Crippen molar-refractivity contribution in [1.82, 2.24) is 15.0 Å². The fourth-order valence-corrected chi connectivity index (χ4v) is 4.03. The minimum absolute atomic E-state index is 0.117. The predicted octanol–water partition coefficient (Wildman–Crippen LogP) is 5.01. The van der Waals surface area contributed by atoms with Crippen LogP contribution in [-0.2, 0) is 16.6 Å². The van der Waals surface area contributed by atoms with Gasteiger partial charge in [0.05, 0.1) is 15.5 Å². The molecular formula is C20H25Cl2N3O2. The van der Waals surface area contributed by atoms with E-state index < -0.39 is 5.41 Å². The zero-order chi connectivity index (χ0) is 19.6. The van der Waals surface area contributed by atoms with Crippen LogP contribution in [0.3, 0.4) is 0 Å². The van der Waals surface area contributed by atoms with Gasteiger partial charge in [-0.25, -0.2) is 0 Å². The van der Waals surface area contributed by atoms with Gasteiger partial charge in [0.25, 0.3) is 0 Å². The molecule has 1 aliphatic rings. The van der Waals surface area contributed by atoms with Crippen LogP contribution in [0.15, 0.2) is 22.7 Å². The van der Waals surface area contributed by atoms with E-state index in [1.165, 1.54) is 0 Å². The topological polar surface area (TPSA) is 59.2 Å². The maximum Gasteiger partial charge on any atom is 0.232 e. The molecule has 0 radical (unpaired) electrons. The SMILES string of the molecule is CC(C)c1nc(CCN(C)C(=O)C2(c3ccc(Cl)c(Cl)c3)CCCC2)no1. The summed E-state index contributed by atoms with van der Waals surface area (Å²) in [5.41, 5.74) is 0.427. The quantitative estimate of drug-likeness (QED) is 0.672. The number of rotatable bonds is 6. The number of hydrogen-bond donors (Lipinski definition) is 0. The van der Waals surface area contributed by atoms with Crippen molar-refractivity contribution in [1.29, 1.82) is 0 Å². The summed E-state index contributed by atoms with van der Waals surface area (Å²) in [6, 6.07) is 5.55. The molecule has 3 rings (SSSR count). The summed E-state index contributed by atoms with van der Waals surface area (Å²) in [4.78, 5) is 19.5. The number of carbonyl (C=O) groups excluding carboxylic acids is 1. The van der Waals surface area contributed by atoms with Crippen molar-refractivity contribution < 1.29 is 9.32 Å². The molecule has 27 heavy (non-hydrogen) atoms. The molecule has 0 atom stereocenters. The number of aromatic nitrogens is 2. The van der Waals surface area contributed by atoms with Gasteiger partial charge in [0.15, 0.2) is 5.82 Å². The third-order valence-electron chi connectivity index (χ3n) is 5.33. The zero-order valence-electron chi connectivity index (χ0n) is 16.0. The van der Waals surface area contributed by atoms with Crippen molar-refractivity contribution in [2.45, 2.75) is 57.3 Å². The number of likely N-dealkylation sites (N-methyl/N-ethyl adjacent to an activating group) is 1. The Morgan fingerprint density at radius 1 is 1.26 bits per heavy atom. The molecule has 2 aromatic rings. The average molecular weight is 410 g/mol. The van der Waals surface area contributed by atoms with Gasteiger partial charge in [-0.1, -0.05) is 61.1 Å². The molecule has 1 aromatic heterocycles. The second kappa shape index (κ2) is 8.19. The summed E-state index contributed by atoms with van der Waals surface area (Å²) < 4.78 is 5.24. The summed E-state index contributed by atoms with van der Waals surface area (Å²) in [5, 5.41) is 5.00. The van der Waals surface area contributed by atoms with Crippen LogP contribution in [-0.4, -0.2) is 34.5 Å². The summed E-state index contributed by atoms with van der Waals surface area (Å²) in [7, 11) is 1.84. The summed E-state index contributed by atoms with van der Waals surface area (Å²) in [6.07, 6.45) is 4.28. The third-order valence-corrected chi connectivity index (χ3v) is 6.07. The molecule has 0 bridgehead atoms. The highest BCUT2D eigenvalue weighted by Crippen LogP contribution is 2.44. The van der Waals surface area contributed by atoms with Crippen molar-refractivity contribution in [2.24, 2.45) is 0 Å². The standard InChI is InChI=1S/C20H25Cl2N3O2/c1-13(2)18-23-17(24-27-18)8-11-25(3)19(26)20(9-4-5-10-20)14-6-7-15(21)16(22)12-14/h6-7,12-13H,4-5,8-11H2,1-3H3. The first-order chi connectivity index (χ1) is 12.8. The molecule has 1 fully saturated rings. The fourth-order valence-electron chi connectivity index (χ4n) is 3.74. The maximum atomic E-state index is 13.4. The van der Waals surface area contributed by atoms with E-state index in [2.05, 4.69) is 10.1 Å². The number of amides is 1. The van der Waals surface area contributed by atoms with Crippen LogP contribution in [0.1, 0.15) is 62.7 Å². The largest absolute Gasteiger partial charge is 0.345 e. The van der Waals surface area contributed by atoms with Gasteiger partial charge in [0.1, 0.15) is 0 Å². The second-order valence-electron chi connectivity index (χ2n) is 7.60. The monoisotopic (exact) mass is 409 g/mol. The molecule has 5 nitrogen and oxygen atoms in total. The molecular weight excluding hydrogens is 385 g/mol. The van der Waals surface area contributed by atoms with Gasteiger partial charge < -0.3 is 9.42 Å². The lowest BCUT2D eigenvalue weighted by atomic mass is 9.77. The highest BCUT2D eigenvalue weighted by molar-refractivity contribution is 6.42. The maximum absolute atomic E-state index is 13.4. The van der Waals surface area contributed by atoms with Crippen LogP contribution in [0.2, 0.25) is 10.0 Å². The number of halogens is 2. The molecule has 1 amide bonds. The van der Waals surface area contributed by atoms with E-state index in [9.17, 15) is 4.79 Å². The minimum Gasteiger partial charge on any atom is -0.345 e. The highest BCUT2D eigenvalue weighted by Gasteiger charge is 2.44. The average Bonchev–Trinajstić information content (AvgIpc) is 3.31. The number of benzene rings is 1. The van der Waals surface area contributed by atoms with Crippen molar-refractivity contribution in [3.8, 4) is 0 Å². The summed E-state index contributed by atoms with van der Waals surface area (Å²) in [5.74, 6) is 1.57. The van der Waals surface area contributed by atoms with E-state index >= 15 is 0 Å². The Balaban J connectivity index is 1.74. The Morgan fingerprint density at radius 3 is 2.56 bits per heavy atom. The van der Waals surface area contributed by atoms with Crippen LogP contribution < -0.4 is 0 Å². The Labute approximate surface area is 170 Å². The molecule has 146 valence electrons. The van der Waals surface area contributed by atoms with Gasteiger partial charge in [-0.05, 0) is 30.5 Å². The van der Waals surface area contributed by atoms with E-state index in [1.54, 1.807) is 11.0 Å². The number of hydrogen-bond acceptors (Lipinski definition) is 4. The molecule has 1 saturated carbocycles. The Morgan fingerprint density at radius 2 is 1.96 bits per heavy atom. The molecule has 1 heterocycles. The molecule has 1 aromatic carbocycles. The highest BCUT2D eigenvalue weighted by atomic mass is 35.5. The van der Waals surface area contributed by atoms with E-state index in [-0.39, 0.29) is 11.8 Å². The van der Waals surface area contributed by atoms with Gasteiger partial charge in [0, 0.05) is 25.9 Å². The molecule has 1 aliphatic carbocycles. The van der Waals surface area contributed by atoms with Gasteiger partial charge in [0.2, 0.25) is 11.8 Å². The van der Waals surface area contributed by atoms with Crippen LogP contribution >= 0.6 is 23.2 Å². The molecule has 7 heteroatoms. The first-order valence-corrected chi connectivity index (χ1v) is 10.1. The van der Waals surface area contributed by atoms with E-state index in [4.69, 9.17) is 27.7 Å². The van der Waals surface area contributed by atoms with Crippen LogP contribution in [0.25, 0.3) is 0 Å². The van der Waals surface area contributed by atoms with E-state index in [0.29, 0.717) is 34.7 Å². The van der Waals surface area contributed by atoms with Gasteiger partial charge in [-0.15, -0.1) is 0 Å². The van der Waals surface area contributed by atoms with Crippen molar-refractivity contribution in [3.63, 3.8) is 0 Å². The van der Waals surface area contributed by atoms with Crippen LogP contribution in [0.4, 0.5) is 0 Å². The predicted molar refractivity (Wildman–Crippen MR) is 106 cm³/mol. The van der Waals surface area contributed by atoms with Crippen molar-refractivity contribution in [3.05, 3.63) is 45.5 Å². The smallest absolute Gasteiger partial charge is 0.232 e. The van der Waals surface area contributed by atoms with Gasteiger partial charge in [-0.2, -0.15) is 4.98 Å². The second-order valence-corrected chi connectivity index (χ2v) is 8.41. The molecule has 0 N–H and O–H groups in total. The summed E-state index contributed by atoms with van der Waals surface area (Å²) in [6.45, 7) is 4.56. The normalized spacial score (nSPS) is 16.1. The van der Waals surface area contributed by atoms with E-state index in [0.717, 1.165) is 31.2 Å². The fraction of sp³-hybridized carbons (Fsp3) is 0.550. The number of carbonyl (C=O) groups is 1. The van der Waals surface area contributed by atoms with E-state index in [1.807, 2.05) is 33.0 Å².